The molecule has 2 saturated heterocycles. The van der Waals surface area contributed by atoms with Gasteiger partial charge in [0.15, 0.2) is 0 Å². The maximum atomic E-state index is 13.0. The highest BCUT2D eigenvalue weighted by atomic mass is 19.1. The van der Waals surface area contributed by atoms with Gasteiger partial charge in [0.25, 0.3) is 0 Å². The predicted octanol–water partition coefficient (Wildman–Crippen LogP) is -0.864. The minimum absolute atomic E-state index is 0.0798. The lowest BCUT2D eigenvalue weighted by Crippen LogP contribution is -2.41. The molecule has 4 atom stereocenters. The van der Waals surface area contributed by atoms with Gasteiger partial charge in [-0.25, -0.2) is 13.6 Å². The van der Waals surface area contributed by atoms with Crippen LogP contribution >= 0.6 is 0 Å². The van der Waals surface area contributed by atoms with Gasteiger partial charge in [-0.15, -0.1) is 0 Å². The fourth-order valence-electron chi connectivity index (χ4n) is 2.01. The summed E-state index contributed by atoms with van der Waals surface area (Å²) >= 11 is 0. The summed E-state index contributed by atoms with van der Waals surface area (Å²) in [5, 5.41) is 18.3. The smallest absolute Gasteiger partial charge is 0.320 e. The highest BCUT2D eigenvalue weighted by Gasteiger charge is 2.40. The predicted molar refractivity (Wildman–Crippen MR) is 50.3 cm³/mol. The van der Waals surface area contributed by atoms with Gasteiger partial charge in [-0.2, -0.15) is 0 Å². The Morgan fingerprint density at radius 2 is 1.31 bits per heavy atom. The molecule has 16 heavy (non-hydrogen) atoms. The first kappa shape index (κ1) is 11.5. The zero-order chi connectivity index (χ0) is 11.9. The maximum Gasteiger partial charge on any atom is 0.320 e. The Kier molecular flexibility index (Phi) is 2.98. The molecule has 0 spiro atoms. The molecule has 2 fully saturated rings. The molecule has 2 heterocycles. The Hall–Kier alpha value is -0.950. The van der Waals surface area contributed by atoms with Crippen LogP contribution in [-0.4, -0.2) is 76.8 Å². The number of aliphatic hydroxyl groups is 2. The van der Waals surface area contributed by atoms with Crippen molar-refractivity contribution in [2.24, 2.45) is 0 Å². The average molecular weight is 236 g/mol. The van der Waals surface area contributed by atoms with E-state index in [-0.39, 0.29) is 26.2 Å². The highest BCUT2D eigenvalue weighted by molar-refractivity contribution is 5.75. The molecule has 0 bridgehead atoms. The van der Waals surface area contributed by atoms with E-state index >= 15 is 0 Å². The number of β-amino-alcohol motifs (C(OH)–C–C–N with tert-alkyl or cyclic N) is 2. The number of urea groups is 1. The van der Waals surface area contributed by atoms with Crippen LogP contribution in [-0.2, 0) is 0 Å². The van der Waals surface area contributed by atoms with Gasteiger partial charge < -0.3 is 20.0 Å². The molecule has 2 aliphatic heterocycles. The van der Waals surface area contributed by atoms with E-state index in [9.17, 15) is 13.6 Å². The van der Waals surface area contributed by atoms with E-state index in [0.29, 0.717) is 0 Å². The fraction of sp³-hybridized carbons (Fsp3) is 0.889. The molecule has 0 aliphatic carbocycles. The van der Waals surface area contributed by atoms with Crippen LogP contribution in [0.1, 0.15) is 0 Å². The summed E-state index contributed by atoms with van der Waals surface area (Å²) in [6, 6.07) is -0.529. The molecule has 0 aromatic rings. The second-order valence-corrected chi connectivity index (χ2v) is 4.26. The molecule has 2 rings (SSSR count). The number of aliphatic hydroxyl groups excluding tert-OH is 2. The lowest BCUT2D eigenvalue weighted by Gasteiger charge is -2.23. The first-order valence-corrected chi connectivity index (χ1v) is 5.17. The molecule has 2 amide bonds. The van der Waals surface area contributed by atoms with Crippen molar-refractivity contribution >= 4 is 6.03 Å². The Labute approximate surface area is 91.2 Å². The molecule has 92 valence electrons. The van der Waals surface area contributed by atoms with Gasteiger partial charge in [0, 0.05) is 0 Å². The average Bonchev–Trinajstić information content (AvgIpc) is 2.72. The van der Waals surface area contributed by atoms with E-state index in [1.807, 2.05) is 0 Å². The van der Waals surface area contributed by atoms with Crippen molar-refractivity contribution in [2.45, 2.75) is 24.6 Å². The van der Waals surface area contributed by atoms with E-state index in [0.717, 1.165) is 9.80 Å². The van der Waals surface area contributed by atoms with Crippen molar-refractivity contribution in [2.75, 3.05) is 26.2 Å². The van der Waals surface area contributed by atoms with E-state index < -0.39 is 30.6 Å². The number of hydrogen-bond donors (Lipinski definition) is 2. The first-order valence-electron chi connectivity index (χ1n) is 5.17. The molecule has 2 N–H and O–H groups in total. The van der Waals surface area contributed by atoms with E-state index in [1.165, 1.54) is 0 Å². The highest BCUT2D eigenvalue weighted by Crippen LogP contribution is 2.19. The Morgan fingerprint density at radius 1 is 0.938 bits per heavy atom. The number of rotatable bonds is 0. The van der Waals surface area contributed by atoms with Crippen LogP contribution < -0.4 is 0 Å². The molecule has 5 nitrogen and oxygen atoms in total. The molecule has 7 heteroatoms. The first-order chi connectivity index (χ1) is 7.49. The minimum Gasteiger partial charge on any atom is -0.388 e. The monoisotopic (exact) mass is 236 g/mol. The van der Waals surface area contributed by atoms with E-state index in [4.69, 9.17) is 10.2 Å². The lowest BCUT2D eigenvalue weighted by molar-refractivity contribution is 0.113. The standard InChI is InChI=1S/C9H14F2N2O3/c10-5-1-12(3-7(5)14)9(16)13-2-6(11)8(15)4-13/h5-8,14-15H,1-4H2. The normalized spacial score (nSPS) is 39.5. The fourth-order valence-corrected chi connectivity index (χ4v) is 2.01. The number of alkyl halides is 2. The zero-order valence-electron chi connectivity index (χ0n) is 8.59. The molecule has 0 radical (unpaired) electrons. The molecule has 2 aliphatic rings. The summed E-state index contributed by atoms with van der Waals surface area (Å²) in [4.78, 5) is 14.0. The van der Waals surface area contributed by atoms with Crippen LogP contribution in [0.25, 0.3) is 0 Å². The van der Waals surface area contributed by atoms with Gasteiger partial charge in [-0.3, -0.25) is 0 Å². The second kappa shape index (κ2) is 4.14. The van der Waals surface area contributed by atoms with Gasteiger partial charge in [-0.1, -0.05) is 0 Å². The number of likely N-dealkylation sites (tertiary alicyclic amines) is 2. The molecular weight excluding hydrogens is 222 g/mol. The van der Waals surface area contributed by atoms with Crippen molar-refractivity contribution < 1.29 is 23.8 Å². The third-order valence-electron chi connectivity index (χ3n) is 2.98. The van der Waals surface area contributed by atoms with Crippen LogP contribution in [0.5, 0.6) is 0 Å². The van der Waals surface area contributed by atoms with Crippen LogP contribution in [0.15, 0.2) is 0 Å². The van der Waals surface area contributed by atoms with Crippen LogP contribution in [0, 0.1) is 0 Å². The van der Waals surface area contributed by atoms with Crippen LogP contribution in [0.3, 0.4) is 0 Å². The summed E-state index contributed by atoms with van der Waals surface area (Å²) in [7, 11) is 0. The molecule has 0 aromatic heterocycles. The summed E-state index contributed by atoms with van der Waals surface area (Å²) < 4.78 is 26.0. The van der Waals surface area contributed by atoms with Gasteiger partial charge in [-0.05, 0) is 0 Å². The van der Waals surface area contributed by atoms with Crippen molar-refractivity contribution in [1.82, 2.24) is 9.80 Å². The van der Waals surface area contributed by atoms with Crippen molar-refractivity contribution in [3.05, 3.63) is 0 Å². The molecular formula is C9H14F2N2O3. The molecule has 0 aromatic carbocycles. The van der Waals surface area contributed by atoms with Gasteiger partial charge in [0.1, 0.15) is 24.6 Å². The number of hydrogen-bond acceptors (Lipinski definition) is 3. The number of amides is 2. The number of carbonyl (C=O) groups excluding carboxylic acids is 1. The third kappa shape index (κ3) is 1.97. The van der Waals surface area contributed by atoms with Gasteiger partial charge in [0.2, 0.25) is 0 Å². The number of halogens is 2. The van der Waals surface area contributed by atoms with Crippen LogP contribution in [0.4, 0.5) is 13.6 Å². The topological polar surface area (TPSA) is 64.0 Å². The quantitative estimate of drug-likeness (QED) is 0.575. The van der Waals surface area contributed by atoms with Gasteiger partial charge >= 0.3 is 6.03 Å². The number of nitrogens with zero attached hydrogens (tertiary/aromatic N) is 2. The summed E-state index contributed by atoms with van der Waals surface area (Å²) in [5.41, 5.74) is 0. The summed E-state index contributed by atoms with van der Waals surface area (Å²) in [6.07, 6.45) is -5.23. The summed E-state index contributed by atoms with van der Waals surface area (Å²) in [6.45, 7) is -0.514. The Balaban J connectivity index is 1.94. The van der Waals surface area contributed by atoms with Crippen LogP contribution in [0.2, 0.25) is 0 Å². The second-order valence-electron chi connectivity index (χ2n) is 4.26. The zero-order valence-corrected chi connectivity index (χ0v) is 8.59. The number of carbonyl (C=O) groups is 1. The largest absolute Gasteiger partial charge is 0.388 e. The van der Waals surface area contributed by atoms with Gasteiger partial charge in [0.05, 0.1) is 26.2 Å². The molecule has 0 saturated carbocycles. The SMILES string of the molecule is O=C(N1CC(O)C(F)C1)N1CC(O)C(F)C1. The molecule has 4 unspecified atom stereocenters. The summed E-state index contributed by atoms with van der Waals surface area (Å²) in [5.74, 6) is 0. The lowest BCUT2D eigenvalue weighted by atomic mass is 10.3. The Bertz CT molecular complexity index is 246. The van der Waals surface area contributed by atoms with Crippen molar-refractivity contribution in [1.29, 1.82) is 0 Å². The third-order valence-corrected chi connectivity index (χ3v) is 2.98. The minimum atomic E-state index is -1.45. The van der Waals surface area contributed by atoms with E-state index in [2.05, 4.69) is 0 Å². The van der Waals surface area contributed by atoms with Crippen molar-refractivity contribution in [3.8, 4) is 0 Å². The maximum absolute atomic E-state index is 13.0. The van der Waals surface area contributed by atoms with E-state index in [1.54, 1.807) is 0 Å². The Morgan fingerprint density at radius 3 is 1.56 bits per heavy atom. The van der Waals surface area contributed by atoms with Crippen molar-refractivity contribution in [3.63, 3.8) is 0 Å².